The summed E-state index contributed by atoms with van der Waals surface area (Å²) in [6.45, 7) is 2.10. The van der Waals surface area contributed by atoms with E-state index in [2.05, 4.69) is 24.0 Å². The largest absolute Gasteiger partial charge is 0.248 e. The molecule has 0 atom stereocenters. The lowest BCUT2D eigenvalue weighted by Gasteiger charge is -2.08. The molecule has 0 unspecified atom stereocenters. The van der Waals surface area contributed by atoms with Gasteiger partial charge in [0.05, 0.1) is 16.6 Å². The van der Waals surface area contributed by atoms with Gasteiger partial charge in [0, 0.05) is 10.8 Å². The SMILES string of the molecule is CCc1cccc2nc3ccccc3c(C#N)c12. The predicted molar refractivity (Wildman–Crippen MR) is 73.3 cm³/mol. The summed E-state index contributed by atoms with van der Waals surface area (Å²) in [5.41, 5.74) is 3.72. The molecule has 2 aromatic carbocycles. The molecule has 3 aromatic rings. The zero-order valence-electron chi connectivity index (χ0n) is 10.1. The number of pyridine rings is 1. The molecule has 3 rings (SSSR count). The number of hydrogen-bond acceptors (Lipinski definition) is 2. The topological polar surface area (TPSA) is 36.7 Å². The molecule has 0 aliphatic rings. The molecule has 2 heteroatoms. The van der Waals surface area contributed by atoms with Crippen LogP contribution in [-0.2, 0) is 6.42 Å². The second-order valence-corrected chi connectivity index (χ2v) is 4.28. The molecule has 0 amide bonds. The molecule has 0 saturated carbocycles. The standard InChI is InChI=1S/C16H12N2/c1-2-11-6-5-9-15-16(11)13(10-17)12-7-3-4-8-14(12)18-15/h3-9H,2H2,1H3. The molecule has 2 nitrogen and oxygen atoms in total. The molecule has 0 bridgehead atoms. The summed E-state index contributed by atoms with van der Waals surface area (Å²) in [6.07, 6.45) is 0.909. The van der Waals surface area contributed by atoms with Crippen molar-refractivity contribution in [2.75, 3.05) is 0 Å². The van der Waals surface area contributed by atoms with Crippen molar-refractivity contribution in [3.05, 3.63) is 53.6 Å². The zero-order valence-corrected chi connectivity index (χ0v) is 10.1. The van der Waals surface area contributed by atoms with Gasteiger partial charge in [0.1, 0.15) is 6.07 Å². The van der Waals surface area contributed by atoms with E-state index in [0.29, 0.717) is 0 Å². The van der Waals surface area contributed by atoms with Crippen molar-refractivity contribution >= 4 is 21.8 Å². The van der Waals surface area contributed by atoms with Gasteiger partial charge in [-0.05, 0) is 24.1 Å². The first-order chi connectivity index (χ1) is 8.85. The third-order valence-electron chi connectivity index (χ3n) is 3.29. The van der Waals surface area contributed by atoms with Gasteiger partial charge in [-0.3, -0.25) is 0 Å². The van der Waals surface area contributed by atoms with Crippen LogP contribution in [0.4, 0.5) is 0 Å². The second kappa shape index (κ2) is 4.12. The van der Waals surface area contributed by atoms with Gasteiger partial charge in [0.15, 0.2) is 0 Å². The van der Waals surface area contributed by atoms with E-state index in [0.717, 1.165) is 33.8 Å². The molecule has 1 aromatic heterocycles. The average molecular weight is 232 g/mol. The van der Waals surface area contributed by atoms with Gasteiger partial charge in [-0.15, -0.1) is 0 Å². The molecule has 0 fully saturated rings. The highest BCUT2D eigenvalue weighted by Gasteiger charge is 2.10. The molecule has 0 spiro atoms. The molecule has 1 heterocycles. The van der Waals surface area contributed by atoms with Crippen molar-refractivity contribution in [3.8, 4) is 6.07 Å². The second-order valence-electron chi connectivity index (χ2n) is 4.28. The van der Waals surface area contributed by atoms with Crippen LogP contribution in [0.5, 0.6) is 0 Å². The van der Waals surface area contributed by atoms with Crippen molar-refractivity contribution < 1.29 is 0 Å². The summed E-state index contributed by atoms with van der Waals surface area (Å²) in [4.78, 5) is 4.64. The molecular weight excluding hydrogens is 220 g/mol. The minimum atomic E-state index is 0.744. The summed E-state index contributed by atoms with van der Waals surface area (Å²) in [5, 5.41) is 11.4. The summed E-state index contributed by atoms with van der Waals surface area (Å²) in [5.74, 6) is 0. The minimum absolute atomic E-state index is 0.744. The summed E-state index contributed by atoms with van der Waals surface area (Å²) < 4.78 is 0. The van der Waals surface area contributed by atoms with Crippen LogP contribution in [0.15, 0.2) is 42.5 Å². The Labute approximate surface area is 106 Å². The van der Waals surface area contributed by atoms with Gasteiger partial charge >= 0.3 is 0 Å². The Morgan fingerprint density at radius 2 is 1.83 bits per heavy atom. The Bertz CT molecular complexity index is 782. The Kier molecular flexibility index (Phi) is 2.46. The van der Waals surface area contributed by atoms with E-state index in [1.165, 1.54) is 5.56 Å². The van der Waals surface area contributed by atoms with Crippen LogP contribution in [0, 0.1) is 11.3 Å². The fourth-order valence-electron chi connectivity index (χ4n) is 2.43. The third kappa shape index (κ3) is 1.45. The van der Waals surface area contributed by atoms with Crippen LogP contribution < -0.4 is 0 Å². The smallest absolute Gasteiger partial charge is 0.101 e. The average Bonchev–Trinajstić information content (AvgIpc) is 2.44. The van der Waals surface area contributed by atoms with Gasteiger partial charge in [0.2, 0.25) is 0 Å². The van der Waals surface area contributed by atoms with E-state index in [4.69, 9.17) is 0 Å². The molecule has 0 aliphatic heterocycles. The Morgan fingerprint density at radius 3 is 2.61 bits per heavy atom. The highest BCUT2D eigenvalue weighted by atomic mass is 14.7. The zero-order chi connectivity index (χ0) is 12.5. The number of benzene rings is 2. The lowest BCUT2D eigenvalue weighted by atomic mass is 9.98. The number of nitrogens with zero attached hydrogens (tertiary/aromatic N) is 2. The van der Waals surface area contributed by atoms with E-state index < -0.39 is 0 Å². The van der Waals surface area contributed by atoms with Crippen LogP contribution >= 0.6 is 0 Å². The lowest BCUT2D eigenvalue weighted by molar-refractivity contribution is 1.16. The van der Waals surface area contributed by atoms with Crippen LogP contribution in [0.1, 0.15) is 18.1 Å². The van der Waals surface area contributed by atoms with Crippen molar-refractivity contribution in [2.45, 2.75) is 13.3 Å². The normalized spacial score (nSPS) is 10.7. The first-order valence-corrected chi connectivity index (χ1v) is 6.05. The molecule has 18 heavy (non-hydrogen) atoms. The van der Waals surface area contributed by atoms with Crippen LogP contribution in [-0.4, -0.2) is 4.98 Å². The third-order valence-corrected chi connectivity index (χ3v) is 3.29. The van der Waals surface area contributed by atoms with Gasteiger partial charge in [-0.2, -0.15) is 5.26 Å². The van der Waals surface area contributed by atoms with E-state index >= 15 is 0 Å². The highest BCUT2D eigenvalue weighted by molar-refractivity contribution is 6.01. The summed E-state index contributed by atoms with van der Waals surface area (Å²) in [7, 11) is 0. The number of hydrogen-bond donors (Lipinski definition) is 0. The van der Waals surface area contributed by atoms with Gasteiger partial charge in [0.25, 0.3) is 0 Å². The number of rotatable bonds is 1. The van der Waals surface area contributed by atoms with E-state index in [1.807, 2.05) is 36.4 Å². The fourth-order valence-corrected chi connectivity index (χ4v) is 2.43. The maximum Gasteiger partial charge on any atom is 0.101 e. The number of aryl methyl sites for hydroxylation is 1. The van der Waals surface area contributed by atoms with E-state index in [9.17, 15) is 5.26 Å². The summed E-state index contributed by atoms with van der Waals surface area (Å²) >= 11 is 0. The molecular formula is C16H12N2. The van der Waals surface area contributed by atoms with Crippen molar-refractivity contribution in [1.29, 1.82) is 5.26 Å². The monoisotopic (exact) mass is 232 g/mol. The minimum Gasteiger partial charge on any atom is -0.248 e. The maximum absolute atomic E-state index is 9.48. The van der Waals surface area contributed by atoms with E-state index in [-0.39, 0.29) is 0 Å². The molecule has 0 aliphatic carbocycles. The maximum atomic E-state index is 9.48. The van der Waals surface area contributed by atoms with Crippen LogP contribution in [0.25, 0.3) is 21.8 Å². The van der Waals surface area contributed by atoms with Crippen molar-refractivity contribution in [1.82, 2.24) is 4.98 Å². The van der Waals surface area contributed by atoms with E-state index in [1.54, 1.807) is 0 Å². The van der Waals surface area contributed by atoms with Crippen molar-refractivity contribution in [3.63, 3.8) is 0 Å². The molecule has 0 radical (unpaired) electrons. The number of nitriles is 1. The Hall–Kier alpha value is -2.40. The predicted octanol–water partition coefficient (Wildman–Crippen LogP) is 3.82. The number of aromatic nitrogens is 1. The van der Waals surface area contributed by atoms with Crippen molar-refractivity contribution in [2.24, 2.45) is 0 Å². The van der Waals surface area contributed by atoms with Crippen LogP contribution in [0.2, 0.25) is 0 Å². The molecule has 0 saturated heterocycles. The van der Waals surface area contributed by atoms with Crippen LogP contribution in [0.3, 0.4) is 0 Å². The highest BCUT2D eigenvalue weighted by Crippen LogP contribution is 2.28. The molecule has 0 N–H and O–H groups in total. The van der Waals surface area contributed by atoms with Gasteiger partial charge < -0.3 is 0 Å². The first kappa shape index (κ1) is 10.7. The van der Waals surface area contributed by atoms with Gasteiger partial charge in [-0.25, -0.2) is 4.98 Å². The number of fused-ring (bicyclic) bond motifs is 2. The quantitative estimate of drug-likeness (QED) is 0.598. The Morgan fingerprint density at radius 1 is 1.06 bits per heavy atom. The Balaban J connectivity index is 2.60. The lowest BCUT2D eigenvalue weighted by Crippen LogP contribution is -1.92. The fraction of sp³-hybridized carbons (Fsp3) is 0.125. The number of para-hydroxylation sites is 1. The summed E-state index contributed by atoms with van der Waals surface area (Å²) in [6, 6.07) is 16.2. The van der Waals surface area contributed by atoms with Gasteiger partial charge in [-0.1, -0.05) is 37.3 Å². The molecule has 86 valence electrons. The first-order valence-electron chi connectivity index (χ1n) is 6.05.